The standard InChI is InChI=1S/C19H24N2O3/c1-2-24-18-11-7-6-10-16(18)12-13-20-19(23)21-17(14-22)15-8-4-3-5-9-15/h3-11,17,22H,2,12-14H2,1H3,(H2,20,21,23). The summed E-state index contributed by atoms with van der Waals surface area (Å²) in [7, 11) is 0. The molecule has 5 nitrogen and oxygen atoms in total. The zero-order chi connectivity index (χ0) is 17.2. The maximum Gasteiger partial charge on any atom is 0.315 e. The number of carbonyl (C=O) groups is 1. The Balaban J connectivity index is 1.83. The van der Waals surface area contributed by atoms with Crippen LogP contribution < -0.4 is 15.4 Å². The van der Waals surface area contributed by atoms with Crippen LogP contribution in [0.2, 0.25) is 0 Å². The van der Waals surface area contributed by atoms with Gasteiger partial charge in [0.1, 0.15) is 5.75 Å². The van der Waals surface area contributed by atoms with Crippen molar-refractivity contribution >= 4 is 6.03 Å². The van der Waals surface area contributed by atoms with Crippen LogP contribution in [0, 0.1) is 0 Å². The van der Waals surface area contributed by atoms with E-state index in [9.17, 15) is 9.90 Å². The van der Waals surface area contributed by atoms with Gasteiger partial charge < -0.3 is 20.5 Å². The molecule has 24 heavy (non-hydrogen) atoms. The number of hydrogen-bond donors (Lipinski definition) is 3. The molecule has 5 heteroatoms. The number of urea groups is 1. The molecule has 2 amide bonds. The van der Waals surface area contributed by atoms with Gasteiger partial charge in [-0.05, 0) is 30.5 Å². The first kappa shape index (κ1) is 17.8. The smallest absolute Gasteiger partial charge is 0.315 e. The van der Waals surface area contributed by atoms with Gasteiger partial charge in [0.05, 0.1) is 19.3 Å². The molecule has 0 aliphatic rings. The van der Waals surface area contributed by atoms with Gasteiger partial charge in [-0.15, -0.1) is 0 Å². The van der Waals surface area contributed by atoms with Gasteiger partial charge in [0.15, 0.2) is 0 Å². The van der Waals surface area contributed by atoms with Crippen molar-refractivity contribution in [3.63, 3.8) is 0 Å². The molecule has 0 fully saturated rings. The van der Waals surface area contributed by atoms with Crippen LogP contribution in [0.5, 0.6) is 5.75 Å². The summed E-state index contributed by atoms with van der Waals surface area (Å²) < 4.78 is 5.57. The Bertz CT molecular complexity index is 632. The first-order valence-electron chi connectivity index (χ1n) is 8.15. The van der Waals surface area contributed by atoms with Crippen molar-refractivity contribution in [1.82, 2.24) is 10.6 Å². The molecular formula is C19H24N2O3. The molecule has 0 aliphatic heterocycles. The first-order chi connectivity index (χ1) is 11.7. The molecule has 0 aromatic heterocycles. The highest BCUT2D eigenvalue weighted by molar-refractivity contribution is 5.74. The fourth-order valence-electron chi connectivity index (χ4n) is 2.45. The van der Waals surface area contributed by atoms with Gasteiger partial charge in [-0.25, -0.2) is 4.79 Å². The Morgan fingerprint density at radius 1 is 1.12 bits per heavy atom. The normalized spacial score (nSPS) is 11.6. The van der Waals surface area contributed by atoms with Gasteiger partial charge in [-0.2, -0.15) is 0 Å². The van der Waals surface area contributed by atoms with Gasteiger partial charge in [0, 0.05) is 6.54 Å². The zero-order valence-corrected chi connectivity index (χ0v) is 13.9. The zero-order valence-electron chi connectivity index (χ0n) is 13.9. The minimum Gasteiger partial charge on any atom is -0.494 e. The van der Waals surface area contributed by atoms with E-state index in [4.69, 9.17) is 4.74 Å². The van der Waals surface area contributed by atoms with E-state index in [-0.39, 0.29) is 12.6 Å². The molecule has 0 spiro atoms. The van der Waals surface area contributed by atoms with Gasteiger partial charge in [-0.1, -0.05) is 48.5 Å². The summed E-state index contributed by atoms with van der Waals surface area (Å²) in [5.41, 5.74) is 1.93. The topological polar surface area (TPSA) is 70.6 Å². The summed E-state index contributed by atoms with van der Waals surface area (Å²) in [5, 5.41) is 15.1. The van der Waals surface area contributed by atoms with Gasteiger partial charge in [0.25, 0.3) is 0 Å². The largest absolute Gasteiger partial charge is 0.494 e. The molecule has 2 rings (SSSR count). The van der Waals surface area contributed by atoms with E-state index >= 15 is 0 Å². The quantitative estimate of drug-likeness (QED) is 0.698. The van der Waals surface area contributed by atoms with Crippen LogP contribution in [-0.4, -0.2) is 30.9 Å². The fraction of sp³-hybridized carbons (Fsp3) is 0.316. The molecular weight excluding hydrogens is 304 g/mol. The molecule has 0 bridgehead atoms. The Morgan fingerprint density at radius 3 is 2.54 bits per heavy atom. The molecule has 0 heterocycles. The summed E-state index contributed by atoms with van der Waals surface area (Å²) in [5.74, 6) is 0.847. The lowest BCUT2D eigenvalue weighted by atomic mass is 10.1. The Hall–Kier alpha value is -2.53. The first-order valence-corrected chi connectivity index (χ1v) is 8.15. The predicted octanol–water partition coefficient (Wildman–Crippen LogP) is 2.66. The van der Waals surface area contributed by atoms with E-state index in [1.807, 2.05) is 61.5 Å². The summed E-state index contributed by atoms with van der Waals surface area (Å²) in [6, 6.07) is 16.5. The Morgan fingerprint density at radius 2 is 1.83 bits per heavy atom. The molecule has 3 N–H and O–H groups in total. The number of aliphatic hydroxyl groups excluding tert-OH is 1. The van der Waals surface area contributed by atoms with Crippen molar-refractivity contribution < 1.29 is 14.6 Å². The van der Waals surface area contributed by atoms with Crippen molar-refractivity contribution in [2.45, 2.75) is 19.4 Å². The van der Waals surface area contributed by atoms with E-state index in [1.54, 1.807) is 0 Å². The molecule has 2 aromatic rings. The molecule has 1 unspecified atom stereocenters. The molecule has 2 aromatic carbocycles. The fourth-order valence-corrected chi connectivity index (χ4v) is 2.45. The summed E-state index contributed by atoms with van der Waals surface area (Å²) in [4.78, 5) is 12.0. The molecule has 0 saturated carbocycles. The number of carbonyl (C=O) groups excluding carboxylic acids is 1. The Labute approximate surface area is 142 Å². The van der Waals surface area contributed by atoms with Crippen molar-refractivity contribution in [2.75, 3.05) is 19.8 Å². The third-order valence-electron chi connectivity index (χ3n) is 3.64. The summed E-state index contributed by atoms with van der Waals surface area (Å²) in [6.45, 7) is 2.90. The number of hydrogen-bond acceptors (Lipinski definition) is 3. The highest BCUT2D eigenvalue weighted by atomic mass is 16.5. The van der Waals surface area contributed by atoms with Crippen molar-refractivity contribution in [3.05, 3.63) is 65.7 Å². The van der Waals surface area contributed by atoms with Crippen LogP contribution in [0.15, 0.2) is 54.6 Å². The number of aliphatic hydroxyl groups is 1. The maximum atomic E-state index is 12.0. The van der Waals surface area contributed by atoms with Gasteiger partial charge >= 0.3 is 6.03 Å². The number of rotatable bonds is 8. The monoisotopic (exact) mass is 328 g/mol. The predicted molar refractivity (Wildman–Crippen MR) is 94.1 cm³/mol. The number of nitrogens with one attached hydrogen (secondary N) is 2. The lowest BCUT2D eigenvalue weighted by molar-refractivity contribution is 0.217. The van der Waals surface area contributed by atoms with E-state index in [0.29, 0.717) is 19.6 Å². The van der Waals surface area contributed by atoms with Crippen LogP contribution in [-0.2, 0) is 6.42 Å². The molecule has 0 saturated heterocycles. The second-order valence-corrected chi connectivity index (χ2v) is 5.34. The third kappa shape index (κ3) is 5.28. The van der Waals surface area contributed by atoms with E-state index < -0.39 is 6.04 Å². The maximum absolute atomic E-state index is 12.0. The van der Waals surface area contributed by atoms with Crippen molar-refractivity contribution in [1.29, 1.82) is 0 Å². The van der Waals surface area contributed by atoms with Crippen molar-refractivity contribution in [3.8, 4) is 5.75 Å². The highest BCUT2D eigenvalue weighted by Gasteiger charge is 2.13. The lowest BCUT2D eigenvalue weighted by Gasteiger charge is -2.17. The Kier molecular flexibility index (Phi) is 7.11. The number of amides is 2. The summed E-state index contributed by atoms with van der Waals surface area (Å²) in [6.07, 6.45) is 0.679. The second-order valence-electron chi connectivity index (χ2n) is 5.34. The van der Waals surface area contributed by atoms with E-state index in [2.05, 4.69) is 10.6 Å². The number of benzene rings is 2. The van der Waals surface area contributed by atoms with E-state index in [0.717, 1.165) is 16.9 Å². The molecule has 128 valence electrons. The van der Waals surface area contributed by atoms with Gasteiger partial charge in [-0.3, -0.25) is 0 Å². The minimum atomic E-state index is -0.415. The van der Waals surface area contributed by atoms with Crippen LogP contribution in [0.3, 0.4) is 0 Å². The van der Waals surface area contributed by atoms with E-state index in [1.165, 1.54) is 0 Å². The molecule has 0 aliphatic carbocycles. The molecule has 1 atom stereocenters. The lowest BCUT2D eigenvalue weighted by Crippen LogP contribution is -2.40. The third-order valence-corrected chi connectivity index (χ3v) is 3.64. The minimum absolute atomic E-state index is 0.148. The second kappa shape index (κ2) is 9.57. The highest BCUT2D eigenvalue weighted by Crippen LogP contribution is 2.18. The van der Waals surface area contributed by atoms with Gasteiger partial charge in [0.2, 0.25) is 0 Å². The van der Waals surface area contributed by atoms with Crippen molar-refractivity contribution in [2.24, 2.45) is 0 Å². The van der Waals surface area contributed by atoms with Crippen LogP contribution in [0.4, 0.5) is 4.79 Å². The average Bonchev–Trinajstić information content (AvgIpc) is 2.62. The number of para-hydroxylation sites is 1. The van der Waals surface area contributed by atoms with Crippen LogP contribution in [0.1, 0.15) is 24.1 Å². The van der Waals surface area contributed by atoms with Crippen LogP contribution >= 0.6 is 0 Å². The van der Waals surface area contributed by atoms with Crippen LogP contribution in [0.25, 0.3) is 0 Å². The number of ether oxygens (including phenoxy) is 1. The molecule has 0 radical (unpaired) electrons. The average molecular weight is 328 g/mol. The SMILES string of the molecule is CCOc1ccccc1CCNC(=O)NC(CO)c1ccccc1. The summed E-state index contributed by atoms with van der Waals surface area (Å²) >= 11 is 0.